The van der Waals surface area contributed by atoms with Crippen LogP contribution in [0.2, 0.25) is 0 Å². The fourth-order valence-electron chi connectivity index (χ4n) is 1.48. The summed E-state index contributed by atoms with van der Waals surface area (Å²) in [6.45, 7) is 4.34. The SMILES string of the molecule is CC(C)c1cccc(Oc2ccncc2)c1. The molecule has 1 aromatic heterocycles. The van der Waals surface area contributed by atoms with Crippen LogP contribution >= 0.6 is 0 Å². The third-order valence-corrected chi connectivity index (χ3v) is 2.41. The molecule has 2 heteroatoms. The number of rotatable bonds is 3. The van der Waals surface area contributed by atoms with Crippen LogP contribution in [0.5, 0.6) is 11.5 Å². The van der Waals surface area contributed by atoms with Crippen molar-refractivity contribution in [1.29, 1.82) is 0 Å². The second-order valence-electron chi connectivity index (χ2n) is 4.01. The molecule has 82 valence electrons. The molecule has 0 bridgehead atoms. The molecule has 0 radical (unpaired) electrons. The molecule has 0 aliphatic rings. The van der Waals surface area contributed by atoms with Crippen LogP contribution in [0, 0.1) is 0 Å². The molecule has 0 atom stereocenters. The topological polar surface area (TPSA) is 22.1 Å². The lowest BCUT2D eigenvalue weighted by molar-refractivity contribution is 0.481. The molecule has 0 N–H and O–H groups in total. The molecule has 0 saturated carbocycles. The molecule has 0 aliphatic heterocycles. The zero-order chi connectivity index (χ0) is 11.4. The molecule has 0 amide bonds. The molecule has 0 fully saturated rings. The largest absolute Gasteiger partial charge is 0.457 e. The third-order valence-electron chi connectivity index (χ3n) is 2.41. The van der Waals surface area contributed by atoms with Gasteiger partial charge in [-0.2, -0.15) is 0 Å². The fraction of sp³-hybridized carbons (Fsp3) is 0.214. The molecule has 2 nitrogen and oxygen atoms in total. The Morgan fingerprint density at radius 1 is 1.00 bits per heavy atom. The van der Waals surface area contributed by atoms with E-state index in [1.807, 2.05) is 24.3 Å². The highest BCUT2D eigenvalue weighted by Crippen LogP contribution is 2.24. The van der Waals surface area contributed by atoms with E-state index in [4.69, 9.17) is 4.74 Å². The number of hydrogen-bond acceptors (Lipinski definition) is 2. The van der Waals surface area contributed by atoms with Crippen LogP contribution in [0.25, 0.3) is 0 Å². The van der Waals surface area contributed by atoms with E-state index in [-0.39, 0.29) is 0 Å². The van der Waals surface area contributed by atoms with Gasteiger partial charge in [-0.25, -0.2) is 0 Å². The van der Waals surface area contributed by atoms with E-state index < -0.39 is 0 Å². The summed E-state index contributed by atoms with van der Waals surface area (Å²) in [6, 6.07) is 11.9. The molecule has 0 aliphatic carbocycles. The second kappa shape index (κ2) is 4.79. The van der Waals surface area contributed by atoms with Crippen molar-refractivity contribution in [3.63, 3.8) is 0 Å². The number of aromatic nitrogens is 1. The van der Waals surface area contributed by atoms with E-state index in [0.29, 0.717) is 5.92 Å². The molecular weight excluding hydrogens is 198 g/mol. The summed E-state index contributed by atoms with van der Waals surface area (Å²) in [5, 5.41) is 0. The summed E-state index contributed by atoms with van der Waals surface area (Å²) in [7, 11) is 0. The zero-order valence-corrected chi connectivity index (χ0v) is 9.55. The van der Waals surface area contributed by atoms with Gasteiger partial charge in [0.1, 0.15) is 11.5 Å². The maximum atomic E-state index is 5.73. The quantitative estimate of drug-likeness (QED) is 0.768. The molecule has 0 spiro atoms. The highest BCUT2D eigenvalue weighted by molar-refractivity contribution is 5.34. The summed E-state index contributed by atoms with van der Waals surface area (Å²) in [5.74, 6) is 2.20. The van der Waals surface area contributed by atoms with E-state index in [1.165, 1.54) is 5.56 Å². The number of pyridine rings is 1. The number of nitrogens with zero attached hydrogens (tertiary/aromatic N) is 1. The summed E-state index contributed by atoms with van der Waals surface area (Å²) >= 11 is 0. The molecule has 2 aromatic rings. The highest BCUT2D eigenvalue weighted by Gasteiger charge is 2.01. The van der Waals surface area contributed by atoms with Gasteiger partial charge < -0.3 is 4.74 Å². The number of benzene rings is 1. The molecule has 1 aromatic carbocycles. The Bertz CT molecular complexity index is 451. The van der Waals surface area contributed by atoms with Gasteiger partial charge in [0.2, 0.25) is 0 Å². The minimum atomic E-state index is 0.515. The maximum Gasteiger partial charge on any atom is 0.130 e. The van der Waals surface area contributed by atoms with Gasteiger partial charge in [0.05, 0.1) is 0 Å². The predicted molar refractivity (Wildman–Crippen MR) is 64.8 cm³/mol. The van der Waals surface area contributed by atoms with Crippen molar-refractivity contribution in [3.05, 3.63) is 54.4 Å². The Balaban J connectivity index is 2.19. The first-order valence-electron chi connectivity index (χ1n) is 5.43. The smallest absolute Gasteiger partial charge is 0.130 e. The van der Waals surface area contributed by atoms with Crippen LogP contribution in [-0.2, 0) is 0 Å². The first-order chi connectivity index (χ1) is 7.75. The Labute approximate surface area is 95.9 Å². The van der Waals surface area contributed by atoms with E-state index in [1.54, 1.807) is 12.4 Å². The van der Waals surface area contributed by atoms with E-state index >= 15 is 0 Å². The van der Waals surface area contributed by atoms with Crippen molar-refractivity contribution >= 4 is 0 Å². The predicted octanol–water partition coefficient (Wildman–Crippen LogP) is 4.00. The minimum Gasteiger partial charge on any atom is -0.457 e. The molecule has 0 saturated heterocycles. The Kier molecular flexibility index (Phi) is 3.20. The lowest BCUT2D eigenvalue weighted by atomic mass is 10.0. The molecule has 2 rings (SSSR count). The summed E-state index contributed by atoms with van der Waals surface area (Å²) < 4.78 is 5.73. The van der Waals surface area contributed by atoms with Crippen LogP contribution in [0.4, 0.5) is 0 Å². The van der Waals surface area contributed by atoms with Crippen LogP contribution in [0.15, 0.2) is 48.8 Å². The van der Waals surface area contributed by atoms with Gasteiger partial charge in [-0.3, -0.25) is 4.98 Å². The Hall–Kier alpha value is -1.83. The third kappa shape index (κ3) is 2.60. The van der Waals surface area contributed by atoms with Gasteiger partial charge in [-0.15, -0.1) is 0 Å². The average Bonchev–Trinajstić information content (AvgIpc) is 2.30. The molecule has 1 heterocycles. The Morgan fingerprint density at radius 3 is 2.44 bits per heavy atom. The van der Waals surface area contributed by atoms with E-state index in [2.05, 4.69) is 31.0 Å². The Morgan fingerprint density at radius 2 is 1.75 bits per heavy atom. The van der Waals surface area contributed by atoms with Gasteiger partial charge in [0.25, 0.3) is 0 Å². The monoisotopic (exact) mass is 213 g/mol. The highest BCUT2D eigenvalue weighted by atomic mass is 16.5. The molecule has 16 heavy (non-hydrogen) atoms. The lowest BCUT2D eigenvalue weighted by Crippen LogP contribution is -1.89. The molecule has 0 unspecified atom stereocenters. The van der Waals surface area contributed by atoms with Crippen LogP contribution < -0.4 is 4.74 Å². The van der Waals surface area contributed by atoms with E-state index in [9.17, 15) is 0 Å². The minimum absolute atomic E-state index is 0.515. The second-order valence-corrected chi connectivity index (χ2v) is 4.01. The van der Waals surface area contributed by atoms with Gasteiger partial charge in [0, 0.05) is 12.4 Å². The van der Waals surface area contributed by atoms with Gasteiger partial charge in [-0.1, -0.05) is 26.0 Å². The van der Waals surface area contributed by atoms with Crippen LogP contribution in [0.1, 0.15) is 25.3 Å². The summed E-state index contributed by atoms with van der Waals surface area (Å²) in [5.41, 5.74) is 1.28. The average molecular weight is 213 g/mol. The standard InChI is InChI=1S/C14H15NO/c1-11(2)12-4-3-5-14(10-12)16-13-6-8-15-9-7-13/h3-11H,1-2H3. The van der Waals surface area contributed by atoms with Crippen molar-refractivity contribution in [3.8, 4) is 11.5 Å². The van der Waals surface area contributed by atoms with Crippen molar-refractivity contribution in [2.45, 2.75) is 19.8 Å². The van der Waals surface area contributed by atoms with Gasteiger partial charge in [0.15, 0.2) is 0 Å². The van der Waals surface area contributed by atoms with Crippen molar-refractivity contribution in [1.82, 2.24) is 4.98 Å². The summed E-state index contributed by atoms with van der Waals surface area (Å²) in [6.07, 6.45) is 3.45. The lowest BCUT2D eigenvalue weighted by Gasteiger charge is -2.09. The van der Waals surface area contributed by atoms with Crippen molar-refractivity contribution < 1.29 is 4.74 Å². The normalized spacial score (nSPS) is 10.4. The van der Waals surface area contributed by atoms with Gasteiger partial charge in [-0.05, 0) is 35.7 Å². The van der Waals surface area contributed by atoms with Crippen molar-refractivity contribution in [2.24, 2.45) is 0 Å². The number of hydrogen-bond donors (Lipinski definition) is 0. The first kappa shape index (κ1) is 10.7. The molecular formula is C14H15NO. The number of ether oxygens (including phenoxy) is 1. The zero-order valence-electron chi connectivity index (χ0n) is 9.55. The fourth-order valence-corrected chi connectivity index (χ4v) is 1.48. The maximum absolute atomic E-state index is 5.73. The van der Waals surface area contributed by atoms with Crippen LogP contribution in [-0.4, -0.2) is 4.98 Å². The first-order valence-corrected chi connectivity index (χ1v) is 5.43. The van der Waals surface area contributed by atoms with Crippen molar-refractivity contribution in [2.75, 3.05) is 0 Å². The van der Waals surface area contributed by atoms with E-state index in [0.717, 1.165) is 11.5 Å². The summed E-state index contributed by atoms with van der Waals surface area (Å²) in [4.78, 5) is 3.95. The van der Waals surface area contributed by atoms with Gasteiger partial charge >= 0.3 is 0 Å². The van der Waals surface area contributed by atoms with Crippen LogP contribution in [0.3, 0.4) is 0 Å².